The van der Waals surface area contributed by atoms with E-state index >= 15 is 0 Å². The first-order valence-electron chi connectivity index (χ1n) is 7.91. The SMILES string of the molecule is CCOc1cccc(CNC(=O)C2(CC)CCCNC2)c1. The topological polar surface area (TPSA) is 50.4 Å². The summed E-state index contributed by atoms with van der Waals surface area (Å²) < 4.78 is 5.49. The quantitative estimate of drug-likeness (QED) is 0.846. The molecular weight excluding hydrogens is 264 g/mol. The minimum atomic E-state index is -0.240. The second-order valence-corrected chi connectivity index (χ2v) is 5.68. The smallest absolute Gasteiger partial charge is 0.227 e. The van der Waals surface area contributed by atoms with E-state index in [-0.39, 0.29) is 11.3 Å². The van der Waals surface area contributed by atoms with Crippen LogP contribution in [0.25, 0.3) is 0 Å². The molecule has 116 valence electrons. The number of hydrogen-bond acceptors (Lipinski definition) is 3. The largest absolute Gasteiger partial charge is 0.494 e. The van der Waals surface area contributed by atoms with E-state index < -0.39 is 0 Å². The average Bonchev–Trinajstić information content (AvgIpc) is 2.54. The Balaban J connectivity index is 1.95. The van der Waals surface area contributed by atoms with Crippen molar-refractivity contribution >= 4 is 5.91 Å². The number of benzene rings is 1. The lowest BCUT2D eigenvalue weighted by Crippen LogP contribution is -2.50. The van der Waals surface area contributed by atoms with E-state index in [2.05, 4.69) is 17.6 Å². The molecule has 21 heavy (non-hydrogen) atoms. The minimum absolute atomic E-state index is 0.166. The first-order chi connectivity index (χ1) is 10.2. The molecule has 1 amide bonds. The number of piperidine rings is 1. The van der Waals surface area contributed by atoms with Crippen molar-refractivity contribution in [1.82, 2.24) is 10.6 Å². The van der Waals surface area contributed by atoms with E-state index in [1.54, 1.807) is 0 Å². The molecule has 0 spiro atoms. The van der Waals surface area contributed by atoms with E-state index in [0.29, 0.717) is 13.2 Å². The highest BCUT2D eigenvalue weighted by atomic mass is 16.5. The van der Waals surface area contributed by atoms with Gasteiger partial charge in [-0.3, -0.25) is 4.79 Å². The van der Waals surface area contributed by atoms with Crippen LogP contribution >= 0.6 is 0 Å². The van der Waals surface area contributed by atoms with Gasteiger partial charge in [0.05, 0.1) is 12.0 Å². The lowest BCUT2D eigenvalue weighted by Gasteiger charge is -2.35. The van der Waals surface area contributed by atoms with Gasteiger partial charge in [0.25, 0.3) is 0 Å². The summed E-state index contributed by atoms with van der Waals surface area (Å²) in [4.78, 5) is 12.6. The summed E-state index contributed by atoms with van der Waals surface area (Å²) in [5, 5.41) is 6.45. The van der Waals surface area contributed by atoms with E-state index in [0.717, 1.165) is 43.7 Å². The lowest BCUT2D eigenvalue weighted by atomic mass is 9.77. The van der Waals surface area contributed by atoms with Crippen LogP contribution < -0.4 is 15.4 Å². The second-order valence-electron chi connectivity index (χ2n) is 5.68. The fourth-order valence-electron chi connectivity index (χ4n) is 2.91. The highest BCUT2D eigenvalue weighted by Crippen LogP contribution is 2.30. The number of rotatable bonds is 6. The molecule has 1 aromatic carbocycles. The van der Waals surface area contributed by atoms with Gasteiger partial charge in [0.15, 0.2) is 0 Å². The Kier molecular flexibility index (Phi) is 5.62. The standard InChI is InChI=1S/C17H26N2O2/c1-3-17(9-6-10-18-13-17)16(20)19-12-14-7-5-8-15(11-14)21-4-2/h5,7-8,11,18H,3-4,6,9-10,12-13H2,1-2H3,(H,19,20). The fraction of sp³-hybridized carbons (Fsp3) is 0.588. The minimum Gasteiger partial charge on any atom is -0.494 e. The normalized spacial score (nSPS) is 21.8. The van der Waals surface area contributed by atoms with E-state index in [4.69, 9.17) is 4.74 Å². The predicted molar refractivity (Wildman–Crippen MR) is 84.3 cm³/mol. The van der Waals surface area contributed by atoms with E-state index in [1.165, 1.54) is 0 Å². The fourth-order valence-corrected chi connectivity index (χ4v) is 2.91. The molecule has 1 unspecified atom stereocenters. The van der Waals surface area contributed by atoms with Crippen molar-refractivity contribution in [2.75, 3.05) is 19.7 Å². The Morgan fingerprint density at radius 1 is 1.43 bits per heavy atom. The van der Waals surface area contributed by atoms with Crippen molar-refractivity contribution in [2.45, 2.75) is 39.7 Å². The monoisotopic (exact) mass is 290 g/mol. The molecule has 1 aromatic rings. The molecule has 2 N–H and O–H groups in total. The average molecular weight is 290 g/mol. The summed E-state index contributed by atoms with van der Waals surface area (Å²) in [6.45, 7) is 7.08. The molecule has 4 nitrogen and oxygen atoms in total. The van der Waals surface area contributed by atoms with Gasteiger partial charge >= 0.3 is 0 Å². The van der Waals surface area contributed by atoms with Crippen molar-refractivity contribution in [1.29, 1.82) is 0 Å². The van der Waals surface area contributed by atoms with Gasteiger partial charge in [-0.25, -0.2) is 0 Å². The van der Waals surface area contributed by atoms with Crippen LogP contribution in [0.4, 0.5) is 0 Å². The molecule has 1 heterocycles. The zero-order chi connectivity index (χ0) is 15.1. The van der Waals surface area contributed by atoms with Crippen molar-refractivity contribution < 1.29 is 9.53 Å². The zero-order valence-electron chi connectivity index (χ0n) is 13.1. The Labute approximate surface area is 127 Å². The lowest BCUT2D eigenvalue weighted by molar-refractivity contribution is -0.132. The molecule has 1 atom stereocenters. The summed E-state index contributed by atoms with van der Waals surface area (Å²) in [6, 6.07) is 7.90. The van der Waals surface area contributed by atoms with Gasteiger partial charge in [-0.2, -0.15) is 0 Å². The number of carbonyl (C=O) groups excluding carboxylic acids is 1. The van der Waals surface area contributed by atoms with Crippen LogP contribution in [0.15, 0.2) is 24.3 Å². The van der Waals surface area contributed by atoms with Crippen molar-refractivity contribution in [3.8, 4) is 5.75 Å². The highest BCUT2D eigenvalue weighted by Gasteiger charge is 2.37. The molecule has 0 aromatic heterocycles. The van der Waals surface area contributed by atoms with Gasteiger partial charge in [0.2, 0.25) is 5.91 Å². The third kappa shape index (κ3) is 3.97. The summed E-state index contributed by atoms with van der Waals surface area (Å²) in [5.41, 5.74) is 0.833. The predicted octanol–water partition coefficient (Wildman–Crippen LogP) is 2.48. The number of amides is 1. The molecular formula is C17H26N2O2. The molecule has 1 aliphatic rings. The third-order valence-corrected chi connectivity index (χ3v) is 4.29. The van der Waals surface area contributed by atoms with Crippen LogP contribution in [0.1, 0.15) is 38.7 Å². The molecule has 0 saturated carbocycles. The van der Waals surface area contributed by atoms with Crippen LogP contribution in [0.3, 0.4) is 0 Å². The van der Waals surface area contributed by atoms with Crippen LogP contribution in [0.2, 0.25) is 0 Å². The number of hydrogen-bond donors (Lipinski definition) is 2. The summed E-state index contributed by atoms with van der Waals surface area (Å²) in [5.74, 6) is 1.02. The van der Waals surface area contributed by atoms with Gasteiger partial charge in [-0.05, 0) is 50.4 Å². The molecule has 0 bridgehead atoms. The maximum atomic E-state index is 12.6. The Morgan fingerprint density at radius 2 is 2.29 bits per heavy atom. The Bertz CT molecular complexity index is 468. The molecule has 1 aliphatic heterocycles. The van der Waals surface area contributed by atoms with Crippen LogP contribution in [-0.2, 0) is 11.3 Å². The molecule has 0 aliphatic carbocycles. The molecule has 0 radical (unpaired) electrons. The van der Waals surface area contributed by atoms with Crippen LogP contribution in [-0.4, -0.2) is 25.6 Å². The van der Waals surface area contributed by atoms with Crippen LogP contribution in [0, 0.1) is 5.41 Å². The van der Waals surface area contributed by atoms with E-state index in [1.807, 2.05) is 31.2 Å². The molecule has 2 rings (SSSR count). The number of ether oxygens (including phenoxy) is 1. The third-order valence-electron chi connectivity index (χ3n) is 4.29. The summed E-state index contributed by atoms with van der Waals surface area (Å²) in [6.07, 6.45) is 2.92. The maximum absolute atomic E-state index is 12.6. The summed E-state index contributed by atoms with van der Waals surface area (Å²) in [7, 11) is 0. The van der Waals surface area contributed by atoms with Crippen molar-refractivity contribution in [3.63, 3.8) is 0 Å². The maximum Gasteiger partial charge on any atom is 0.227 e. The zero-order valence-corrected chi connectivity index (χ0v) is 13.1. The van der Waals surface area contributed by atoms with Gasteiger partial charge < -0.3 is 15.4 Å². The first-order valence-corrected chi connectivity index (χ1v) is 7.91. The number of nitrogens with one attached hydrogen (secondary N) is 2. The first kappa shape index (κ1) is 15.8. The van der Waals surface area contributed by atoms with Crippen LogP contribution in [0.5, 0.6) is 5.75 Å². The molecule has 1 fully saturated rings. The second kappa shape index (κ2) is 7.46. The molecule has 4 heteroatoms. The van der Waals surface area contributed by atoms with Gasteiger partial charge in [0, 0.05) is 13.1 Å². The Hall–Kier alpha value is -1.55. The van der Waals surface area contributed by atoms with Gasteiger partial charge in [0.1, 0.15) is 5.75 Å². The summed E-state index contributed by atoms with van der Waals surface area (Å²) >= 11 is 0. The Morgan fingerprint density at radius 3 is 2.95 bits per heavy atom. The van der Waals surface area contributed by atoms with Crippen molar-refractivity contribution in [3.05, 3.63) is 29.8 Å². The number of carbonyl (C=O) groups is 1. The highest BCUT2D eigenvalue weighted by molar-refractivity contribution is 5.83. The van der Waals surface area contributed by atoms with Crippen molar-refractivity contribution in [2.24, 2.45) is 5.41 Å². The van der Waals surface area contributed by atoms with Gasteiger partial charge in [-0.1, -0.05) is 19.1 Å². The van der Waals surface area contributed by atoms with E-state index in [9.17, 15) is 4.79 Å². The molecule has 1 saturated heterocycles. The van der Waals surface area contributed by atoms with Gasteiger partial charge in [-0.15, -0.1) is 0 Å².